The van der Waals surface area contributed by atoms with Gasteiger partial charge in [0, 0.05) is 45.1 Å². The highest BCUT2D eigenvalue weighted by Crippen LogP contribution is 2.42. The van der Waals surface area contributed by atoms with E-state index in [0.717, 1.165) is 78.4 Å². The molecule has 4 nitrogen and oxygen atoms in total. The first-order chi connectivity index (χ1) is 22.3. The molecule has 0 saturated heterocycles. The lowest BCUT2D eigenvalue weighted by Crippen LogP contribution is -2.57. The van der Waals surface area contributed by atoms with Crippen LogP contribution in [0.1, 0.15) is 0 Å². The predicted octanol–water partition coefficient (Wildman–Crippen LogP) is 8.94. The third kappa shape index (κ3) is 3.61. The summed E-state index contributed by atoms with van der Waals surface area (Å²) in [6.45, 7) is -0.0430. The van der Waals surface area contributed by atoms with Gasteiger partial charge in [-0.1, -0.05) is 91.0 Å². The predicted molar refractivity (Wildman–Crippen MR) is 184 cm³/mol. The summed E-state index contributed by atoms with van der Waals surface area (Å²) >= 11 is 0. The van der Waals surface area contributed by atoms with Crippen molar-refractivity contribution in [2.75, 3.05) is 4.90 Å². The number of rotatable bonds is 3. The van der Waals surface area contributed by atoms with E-state index in [1.165, 1.54) is 10.8 Å². The highest BCUT2D eigenvalue weighted by Gasteiger charge is 2.40. The maximum atomic E-state index is 6.71. The Morgan fingerprint density at radius 3 is 2.02 bits per heavy atom. The minimum atomic E-state index is -0.0430. The molecule has 0 N–H and O–H groups in total. The van der Waals surface area contributed by atoms with E-state index in [1.54, 1.807) is 0 Å². The summed E-state index contributed by atoms with van der Waals surface area (Å²) in [7, 11) is 0. The first kappa shape index (κ1) is 24.5. The number of furan rings is 1. The van der Waals surface area contributed by atoms with E-state index in [9.17, 15) is 0 Å². The lowest BCUT2D eigenvalue weighted by Gasteiger charge is -2.34. The Kier molecular flexibility index (Phi) is 5.05. The molecule has 0 amide bonds. The molecule has 5 heteroatoms. The van der Waals surface area contributed by atoms with E-state index in [0.29, 0.717) is 0 Å². The van der Waals surface area contributed by atoms with Gasteiger partial charge in [0.1, 0.15) is 34.2 Å². The fourth-order valence-electron chi connectivity index (χ4n) is 7.18. The largest absolute Gasteiger partial charge is 0.458 e. The highest BCUT2D eigenvalue weighted by atomic mass is 16.5. The van der Waals surface area contributed by atoms with Gasteiger partial charge in [-0.2, -0.15) is 0 Å². The molecule has 210 valence electrons. The van der Waals surface area contributed by atoms with Crippen LogP contribution in [-0.4, -0.2) is 6.71 Å². The molecule has 7 aromatic carbocycles. The number of anilines is 3. The number of ether oxygens (including phenoxy) is 2. The average Bonchev–Trinajstić information content (AvgIpc) is 3.45. The van der Waals surface area contributed by atoms with Crippen molar-refractivity contribution in [2.24, 2.45) is 0 Å². The van der Waals surface area contributed by atoms with Crippen molar-refractivity contribution in [3.63, 3.8) is 0 Å². The Labute approximate surface area is 259 Å². The molecule has 0 saturated carbocycles. The first-order valence-electron chi connectivity index (χ1n) is 15.2. The van der Waals surface area contributed by atoms with Crippen LogP contribution < -0.4 is 30.8 Å². The summed E-state index contributed by atoms with van der Waals surface area (Å²) in [6.07, 6.45) is 0. The topological polar surface area (TPSA) is 34.8 Å². The first-order valence-corrected chi connectivity index (χ1v) is 15.2. The maximum absolute atomic E-state index is 6.71. The Morgan fingerprint density at radius 1 is 0.444 bits per heavy atom. The van der Waals surface area contributed by atoms with E-state index < -0.39 is 0 Å². The Balaban J connectivity index is 1.19. The number of hydrogen-bond donors (Lipinski definition) is 0. The number of fused-ring (bicyclic) bond motifs is 8. The van der Waals surface area contributed by atoms with Crippen molar-refractivity contribution in [3.05, 3.63) is 146 Å². The number of nitrogens with zero attached hydrogens (tertiary/aromatic N) is 1. The molecule has 8 aromatic rings. The van der Waals surface area contributed by atoms with Gasteiger partial charge in [0.2, 0.25) is 0 Å². The standard InChI is InChI=1S/C40H24BNO3/c1-2-12-26(13-3-1)42(33-16-8-11-25-10-4-5-14-28(25)33)27-20-21-31-38(22-27)44-35-18-9-19-36-40(35)41(31)32-23-30-29-15-6-7-17-34(29)43-37(30)24-39(32)45-36/h1-24H. The van der Waals surface area contributed by atoms with Crippen LogP contribution in [0.4, 0.5) is 17.1 Å². The van der Waals surface area contributed by atoms with Crippen LogP contribution in [0.15, 0.2) is 150 Å². The van der Waals surface area contributed by atoms with Crippen molar-refractivity contribution in [1.82, 2.24) is 0 Å². The zero-order chi connectivity index (χ0) is 29.5. The third-order valence-corrected chi connectivity index (χ3v) is 9.16. The number of hydrogen-bond acceptors (Lipinski definition) is 4. The summed E-state index contributed by atoms with van der Waals surface area (Å²) in [5.74, 6) is 3.29. The molecule has 2 aliphatic rings. The van der Waals surface area contributed by atoms with Gasteiger partial charge < -0.3 is 18.8 Å². The van der Waals surface area contributed by atoms with Gasteiger partial charge in [0.05, 0.1) is 5.69 Å². The second-order valence-corrected chi connectivity index (χ2v) is 11.7. The minimum absolute atomic E-state index is 0.0430. The molecule has 3 heterocycles. The van der Waals surface area contributed by atoms with E-state index >= 15 is 0 Å². The normalized spacial score (nSPS) is 12.8. The Bertz CT molecular complexity index is 2460. The monoisotopic (exact) mass is 577 g/mol. The van der Waals surface area contributed by atoms with Crippen LogP contribution in [-0.2, 0) is 0 Å². The minimum Gasteiger partial charge on any atom is -0.458 e. The van der Waals surface area contributed by atoms with E-state index in [1.807, 2.05) is 36.4 Å². The number of benzene rings is 7. The molecular formula is C40H24BNO3. The van der Waals surface area contributed by atoms with Gasteiger partial charge in [-0.05, 0) is 58.8 Å². The maximum Gasteiger partial charge on any atom is 0.260 e. The van der Waals surface area contributed by atoms with Crippen LogP contribution in [0.3, 0.4) is 0 Å². The van der Waals surface area contributed by atoms with Crippen molar-refractivity contribution < 1.29 is 13.9 Å². The van der Waals surface area contributed by atoms with Gasteiger partial charge in [0.15, 0.2) is 0 Å². The van der Waals surface area contributed by atoms with E-state index in [4.69, 9.17) is 13.9 Å². The van der Waals surface area contributed by atoms with Crippen LogP contribution in [0.5, 0.6) is 23.0 Å². The van der Waals surface area contributed by atoms with Crippen LogP contribution >= 0.6 is 0 Å². The smallest absolute Gasteiger partial charge is 0.260 e. The summed E-state index contributed by atoms with van der Waals surface area (Å²) < 4.78 is 19.4. The van der Waals surface area contributed by atoms with Gasteiger partial charge in [-0.3, -0.25) is 0 Å². The van der Waals surface area contributed by atoms with Gasteiger partial charge in [0.25, 0.3) is 6.71 Å². The zero-order valence-corrected chi connectivity index (χ0v) is 24.1. The van der Waals surface area contributed by atoms with Crippen LogP contribution in [0.2, 0.25) is 0 Å². The van der Waals surface area contributed by atoms with Gasteiger partial charge >= 0.3 is 0 Å². The molecule has 0 spiro atoms. The molecule has 2 aliphatic heterocycles. The quantitative estimate of drug-likeness (QED) is 0.197. The molecule has 45 heavy (non-hydrogen) atoms. The second kappa shape index (κ2) is 9.28. The Hall–Kier alpha value is -5.94. The van der Waals surface area contributed by atoms with E-state index in [2.05, 4.69) is 114 Å². The average molecular weight is 577 g/mol. The summed E-state index contributed by atoms with van der Waals surface area (Å²) in [5, 5.41) is 4.58. The van der Waals surface area contributed by atoms with Crippen LogP contribution in [0, 0.1) is 0 Å². The van der Waals surface area contributed by atoms with Crippen molar-refractivity contribution in [3.8, 4) is 23.0 Å². The van der Waals surface area contributed by atoms with Gasteiger partial charge in [-0.15, -0.1) is 0 Å². The molecule has 0 atom stereocenters. The zero-order valence-electron chi connectivity index (χ0n) is 24.1. The van der Waals surface area contributed by atoms with Gasteiger partial charge in [-0.25, -0.2) is 0 Å². The summed E-state index contributed by atoms with van der Waals surface area (Å²) in [4.78, 5) is 2.32. The SMILES string of the molecule is c1ccc(N(c2ccc3c(c2)Oc2cccc4c2B3c2cc3c(cc2O4)oc2ccccc23)c2cccc3ccccc23)cc1. The molecule has 0 unspecified atom stereocenters. The molecule has 0 fully saturated rings. The van der Waals surface area contributed by atoms with Crippen molar-refractivity contribution in [1.29, 1.82) is 0 Å². The van der Waals surface area contributed by atoms with Crippen molar-refractivity contribution in [2.45, 2.75) is 0 Å². The molecule has 0 radical (unpaired) electrons. The molecule has 0 bridgehead atoms. The lowest BCUT2D eigenvalue weighted by molar-refractivity contribution is 0.464. The van der Waals surface area contributed by atoms with Crippen molar-refractivity contribution >= 4 is 72.9 Å². The highest BCUT2D eigenvalue weighted by molar-refractivity contribution is 6.98. The fraction of sp³-hybridized carbons (Fsp3) is 0. The van der Waals surface area contributed by atoms with E-state index in [-0.39, 0.29) is 6.71 Å². The third-order valence-electron chi connectivity index (χ3n) is 9.16. The Morgan fingerprint density at radius 2 is 1.16 bits per heavy atom. The lowest BCUT2D eigenvalue weighted by atomic mass is 9.35. The molecule has 1 aromatic heterocycles. The van der Waals surface area contributed by atoms with Crippen LogP contribution in [0.25, 0.3) is 32.7 Å². The molecular weight excluding hydrogens is 553 g/mol. The molecule has 10 rings (SSSR count). The second-order valence-electron chi connectivity index (χ2n) is 11.7. The summed E-state index contributed by atoms with van der Waals surface area (Å²) in [5.41, 5.74) is 8.21. The fourth-order valence-corrected chi connectivity index (χ4v) is 7.18. The number of para-hydroxylation sites is 2. The summed E-state index contributed by atoms with van der Waals surface area (Å²) in [6, 6.07) is 50.7. The molecule has 0 aliphatic carbocycles.